The fourth-order valence-corrected chi connectivity index (χ4v) is 1.90. The van der Waals surface area contributed by atoms with Gasteiger partial charge in [-0.3, -0.25) is 14.4 Å². The number of aliphatic carboxylic acids is 1. The molecule has 0 spiro atoms. The maximum absolute atomic E-state index is 11.4. The quantitative estimate of drug-likeness (QED) is 0.705. The minimum Gasteiger partial charge on any atom is -0.481 e. The number of aromatic nitrogens is 1. The molecule has 0 aliphatic carbocycles. The number of rotatable bonds is 5. The summed E-state index contributed by atoms with van der Waals surface area (Å²) in [6, 6.07) is 4.34. The van der Waals surface area contributed by atoms with E-state index in [-0.39, 0.29) is 11.5 Å². The van der Waals surface area contributed by atoms with Crippen molar-refractivity contribution in [2.75, 3.05) is 0 Å². The standard InChI is InChI=1S/C12H10N2O5S/c13-10(17)5-1-2-8-7(3-5)14-11(19-8)6(12(18)20)4-9(15)16/h1-3,6H,4H2,(H2,13,17)(H,15,16)(H,18,20). The molecule has 0 fully saturated rings. The van der Waals surface area contributed by atoms with E-state index in [0.29, 0.717) is 11.1 Å². The molecule has 1 aromatic carbocycles. The third kappa shape index (κ3) is 2.80. The molecule has 1 amide bonds. The summed E-state index contributed by atoms with van der Waals surface area (Å²) in [4.78, 5) is 37.2. The highest BCUT2D eigenvalue weighted by molar-refractivity contribution is 7.96. The summed E-state index contributed by atoms with van der Waals surface area (Å²) in [6.45, 7) is 0. The molecule has 0 saturated carbocycles. The summed E-state index contributed by atoms with van der Waals surface area (Å²) in [5.41, 5.74) is 6.03. The number of nitrogens with two attached hydrogens (primary N) is 1. The van der Waals surface area contributed by atoms with Crippen LogP contribution >= 0.6 is 12.6 Å². The molecule has 0 aliphatic heterocycles. The van der Waals surface area contributed by atoms with Crippen molar-refractivity contribution < 1.29 is 23.9 Å². The van der Waals surface area contributed by atoms with E-state index >= 15 is 0 Å². The molecule has 1 heterocycles. The van der Waals surface area contributed by atoms with E-state index in [1.54, 1.807) is 0 Å². The zero-order valence-corrected chi connectivity index (χ0v) is 11.0. The maximum Gasteiger partial charge on any atom is 0.304 e. The van der Waals surface area contributed by atoms with Gasteiger partial charge in [0.15, 0.2) is 10.7 Å². The molecular formula is C12H10N2O5S. The first-order valence-electron chi connectivity index (χ1n) is 5.53. The van der Waals surface area contributed by atoms with Gasteiger partial charge in [0.25, 0.3) is 0 Å². The number of amides is 1. The van der Waals surface area contributed by atoms with Crippen molar-refractivity contribution >= 4 is 40.7 Å². The number of nitrogens with zero attached hydrogens (tertiary/aromatic N) is 1. The van der Waals surface area contributed by atoms with Crippen molar-refractivity contribution in [2.24, 2.45) is 5.73 Å². The Hall–Kier alpha value is -2.35. The molecule has 2 rings (SSSR count). The van der Waals surface area contributed by atoms with Crippen LogP contribution in [0, 0.1) is 0 Å². The van der Waals surface area contributed by atoms with Gasteiger partial charge in [-0.25, -0.2) is 4.98 Å². The number of fused-ring (bicyclic) bond motifs is 1. The largest absolute Gasteiger partial charge is 0.481 e. The van der Waals surface area contributed by atoms with Crippen molar-refractivity contribution in [3.63, 3.8) is 0 Å². The third-order valence-corrected chi connectivity index (χ3v) is 2.98. The van der Waals surface area contributed by atoms with Gasteiger partial charge in [0.2, 0.25) is 11.8 Å². The van der Waals surface area contributed by atoms with Crippen LogP contribution in [0.2, 0.25) is 0 Å². The zero-order chi connectivity index (χ0) is 14.9. The molecular weight excluding hydrogens is 284 g/mol. The van der Waals surface area contributed by atoms with E-state index in [1.807, 2.05) is 0 Å². The zero-order valence-electron chi connectivity index (χ0n) is 10.1. The lowest BCUT2D eigenvalue weighted by Crippen LogP contribution is -2.12. The molecule has 1 aromatic heterocycles. The lowest BCUT2D eigenvalue weighted by atomic mass is 10.1. The van der Waals surface area contributed by atoms with Crippen molar-refractivity contribution in [3.05, 3.63) is 29.7 Å². The first kappa shape index (κ1) is 14.1. The second kappa shape index (κ2) is 5.33. The Morgan fingerprint density at radius 3 is 2.65 bits per heavy atom. The average molecular weight is 294 g/mol. The molecule has 0 bridgehead atoms. The Balaban J connectivity index is 2.46. The lowest BCUT2D eigenvalue weighted by Gasteiger charge is -2.04. The molecule has 104 valence electrons. The monoisotopic (exact) mass is 294 g/mol. The second-order valence-electron chi connectivity index (χ2n) is 4.09. The Morgan fingerprint density at radius 2 is 2.10 bits per heavy atom. The summed E-state index contributed by atoms with van der Waals surface area (Å²) in [5, 5.41) is 8.11. The predicted molar refractivity (Wildman–Crippen MR) is 71.5 cm³/mol. The number of carboxylic acids is 1. The molecule has 0 radical (unpaired) electrons. The van der Waals surface area contributed by atoms with Gasteiger partial charge < -0.3 is 15.3 Å². The predicted octanol–water partition coefficient (Wildman–Crippen LogP) is 0.941. The number of hydrogen-bond donors (Lipinski definition) is 3. The molecule has 20 heavy (non-hydrogen) atoms. The molecule has 0 saturated heterocycles. The highest BCUT2D eigenvalue weighted by atomic mass is 32.1. The van der Waals surface area contributed by atoms with Crippen molar-refractivity contribution in [3.8, 4) is 0 Å². The van der Waals surface area contributed by atoms with E-state index in [0.717, 1.165) is 0 Å². The SMILES string of the molecule is NC(=O)c1ccc2oc(C(CC(=O)O)C(=O)S)nc2c1. The molecule has 0 aliphatic rings. The lowest BCUT2D eigenvalue weighted by molar-refractivity contribution is -0.138. The number of benzene rings is 1. The van der Waals surface area contributed by atoms with Gasteiger partial charge in [0, 0.05) is 5.56 Å². The molecule has 1 unspecified atom stereocenters. The first-order valence-corrected chi connectivity index (χ1v) is 5.98. The van der Waals surface area contributed by atoms with E-state index in [4.69, 9.17) is 15.3 Å². The molecule has 7 nitrogen and oxygen atoms in total. The highest BCUT2D eigenvalue weighted by Crippen LogP contribution is 2.26. The van der Waals surface area contributed by atoms with Crippen LogP contribution < -0.4 is 5.73 Å². The van der Waals surface area contributed by atoms with E-state index < -0.39 is 29.3 Å². The van der Waals surface area contributed by atoms with Crippen LogP contribution in [0.5, 0.6) is 0 Å². The normalized spacial score (nSPS) is 12.2. The van der Waals surface area contributed by atoms with Crippen LogP contribution in [0.4, 0.5) is 0 Å². The van der Waals surface area contributed by atoms with Crippen LogP contribution in [0.25, 0.3) is 11.1 Å². The number of carboxylic acid groups (broad SMARTS) is 1. The van der Waals surface area contributed by atoms with Crippen LogP contribution in [-0.4, -0.2) is 27.1 Å². The highest BCUT2D eigenvalue weighted by Gasteiger charge is 2.26. The third-order valence-electron chi connectivity index (χ3n) is 2.66. The minimum absolute atomic E-state index is 0.0518. The van der Waals surface area contributed by atoms with Gasteiger partial charge >= 0.3 is 5.97 Å². The fourth-order valence-electron chi connectivity index (χ4n) is 1.70. The number of thiol groups is 1. The summed E-state index contributed by atoms with van der Waals surface area (Å²) in [6.07, 6.45) is -0.474. The van der Waals surface area contributed by atoms with Gasteiger partial charge in [-0.1, -0.05) is 0 Å². The Bertz CT molecular complexity index is 709. The Labute approximate surface area is 118 Å². The van der Waals surface area contributed by atoms with Crippen LogP contribution in [0.3, 0.4) is 0 Å². The van der Waals surface area contributed by atoms with Crippen molar-refractivity contribution in [1.29, 1.82) is 0 Å². The summed E-state index contributed by atoms with van der Waals surface area (Å²) in [7, 11) is 0. The smallest absolute Gasteiger partial charge is 0.304 e. The molecule has 2 aromatic rings. The van der Waals surface area contributed by atoms with E-state index in [1.165, 1.54) is 18.2 Å². The van der Waals surface area contributed by atoms with Gasteiger partial charge in [-0.2, -0.15) is 0 Å². The number of carbonyl (C=O) groups is 3. The van der Waals surface area contributed by atoms with Crippen LogP contribution in [0.15, 0.2) is 22.6 Å². The summed E-state index contributed by atoms with van der Waals surface area (Å²) < 4.78 is 5.33. The molecule has 8 heteroatoms. The number of primary amides is 1. The Morgan fingerprint density at radius 1 is 1.40 bits per heavy atom. The average Bonchev–Trinajstić information content (AvgIpc) is 2.77. The summed E-state index contributed by atoms with van der Waals surface area (Å²) in [5.74, 6) is -2.93. The van der Waals surface area contributed by atoms with Crippen LogP contribution in [-0.2, 0) is 9.59 Å². The molecule has 3 N–H and O–H groups in total. The number of oxazole rings is 1. The first-order chi connectivity index (χ1) is 9.38. The summed E-state index contributed by atoms with van der Waals surface area (Å²) >= 11 is 3.64. The molecule has 1 atom stereocenters. The second-order valence-corrected chi connectivity index (χ2v) is 4.53. The van der Waals surface area contributed by atoms with Gasteiger partial charge in [-0.15, -0.1) is 12.6 Å². The fraction of sp³-hybridized carbons (Fsp3) is 0.167. The van der Waals surface area contributed by atoms with Gasteiger partial charge in [-0.05, 0) is 18.2 Å². The van der Waals surface area contributed by atoms with E-state index in [2.05, 4.69) is 17.6 Å². The van der Waals surface area contributed by atoms with Crippen molar-refractivity contribution in [2.45, 2.75) is 12.3 Å². The topological polar surface area (TPSA) is 123 Å². The Kier molecular flexibility index (Phi) is 3.75. The van der Waals surface area contributed by atoms with Crippen molar-refractivity contribution in [1.82, 2.24) is 4.98 Å². The van der Waals surface area contributed by atoms with E-state index in [9.17, 15) is 14.4 Å². The number of hydrogen-bond acceptors (Lipinski definition) is 5. The minimum atomic E-state index is -1.17. The maximum atomic E-state index is 11.4. The van der Waals surface area contributed by atoms with Gasteiger partial charge in [0.05, 0.1) is 6.42 Å². The van der Waals surface area contributed by atoms with Crippen LogP contribution in [0.1, 0.15) is 28.6 Å². The number of carbonyl (C=O) groups excluding carboxylic acids is 2. The van der Waals surface area contributed by atoms with Gasteiger partial charge in [0.1, 0.15) is 11.4 Å².